The van der Waals surface area contributed by atoms with Crippen LogP contribution in [0.1, 0.15) is 13.8 Å². The third-order valence-electron chi connectivity index (χ3n) is 2.95. The van der Waals surface area contributed by atoms with E-state index < -0.39 is 11.6 Å². The fourth-order valence-corrected chi connectivity index (χ4v) is 2.64. The first-order valence-corrected chi connectivity index (χ1v) is 7.29. The number of fused-ring (bicyclic) bond motifs is 1. The van der Waals surface area contributed by atoms with Crippen molar-refractivity contribution in [3.05, 3.63) is 23.8 Å². The van der Waals surface area contributed by atoms with Crippen molar-refractivity contribution in [3.8, 4) is 0 Å². The fraction of sp³-hybridized carbons (Fsp3) is 0.385. The number of nitrogens with zero attached hydrogens (tertiary/aromatic N) is 2. The van der Waals surface area contributed by atoms with Crippen LogP contribution < -0.4 is 0 Å². The maximum atomic E-state index is 13.1. The van der Waals surface area contributed by atoms with E-state index in [0.717, 1.165) is 12.1 Å². The van der Waals surface area contributed by atoms with Crippen molar-refractivity contribution in [1.82, 2.24) is 14.9 Å². The van der Waals surface area contributed by atoms with E-state index in [4.69, 9.17) is 0 Å². The molecule has 0 unspecified atom stereocenters. The van der Waals surface area contributed by atoms with Gasteiger partial charge in [0, 0.05) is 25.2 Å². The highest BCUT2D eigenvalue weighted by Crippen LogP contribution is 2.21. The van der Waals surface area contributed by atoms with Gasteiger partial charge in [0.2, 0.25) is 5.91 Å². The van der Waals surface area contributed by atoms with Gasteiger partial charge in [0.25, 0.3) is 0 Å². The van der Waals surface area contributed by atoms with Gasteiger partial charge in [-0.2, -0.15) is 0 Å². The molecule has 0 aliphatic carbocycles. The predicted octanol–water partition coefficient (Wildman–Crippen LogP) is 2.80. The van der Waals surface area contributed by atoms with Crippen molar-refractivity contribution < 1.29 is 13.6 Å². The molecular formula is C13H15F2N3OS. The van der Waals surface area contributed by atoms with Gasteiger partial charge in [0.1, 0.15) is 0 Å². The van der Waals surface area contributed by atoms with Crippen molar-refractivity contribution in [2.24, 2.45) is 0 Å². The van der Waals surface area contributed by atoms with Crippen LogP contribution >= 0.6 is 11.8 Å². The Hall–Kier alpha value is -1.63. The zero-order valence-electron chi connectivity index (χ0n) is 11.2. The molecule has 0 spiro atoms. The largest absolute Gasteiger partial charge is 0.343 e. The summed E-state index contributed by atoms with van der Waals surface area (Å²) < 4.78 is 26.2. The number of imidazole rings is 1. The first-order valence-electron chi connectivity index (χ1n) is 6.30. The number of aromatic nitrogens is 2. The van der Waals surface area contributed by atoms with E-state index in [-0.39, 0.29) is 11.7 Å². The number of hydrogen-bond acceptors (Lipinski definition) is 3. The van der Waals surface area contributed by atoms with Crippen molar-refractivity contribution in [1.29, 1.82) is 0 Å². The second kappa shape index (κ2) is 6.21. The summed E-state index contributed by atoms with van der Waals surface area (Å²) in [6, 6.07) is 2.10. The van der Waals surface area contributed by atoms with Crippen LogP contribution in [-0.4, -0.2) is 39.6 Å². The highest BCUT2D eigenvalue weighted by Gasteiger charge is 2.13. The molecule has 2 rings (SSSR count). The molecule has 1 N–H and O–H groups in total. The van der Waals surface area contributed by atoms with E-state index in [0.29, 0.717) is 29.3 Å². The van der Waals surface area contributed by atoms with E-state index in [9.17, 15) is 13.6 Å². The van der Waals surface area contributed by atoms with Crippen LogP contribution in [0, 0.1) is 11.6 Å². The highest BCUT2D eigenvalue weighted by molar-refractivity contribution is 7.99. The summed E-state index contributed by atoms with van der Waals surface area (Å²) in [5.41, 5.74) is 0.767. The van der Waals surface area contributed by atoms with E-state index >= 15 is 0 Å². The molecule has 1 aromatic carbocycles. The van der Waals surface area contributed by atoms with Gasteiger partial charge >= 0.3 is 0 Å². The molecular weight excluding hydrogens is 284 g/mol. The summed E-state index contributed by atoms with van der Waals surface area (Å²) in [6.45, 7) is 5.15. The summed E-state index contributed by atoms with van der Waals surface area (Å²) in [7, 11) is 0. The third-order valence-corrected chi connectivity index (χ3v) is 3.81. The second-order valence-electron chi connectivity index (χ2n) is 4.18. The number of carbonyl (C=O) groups is 1. The van der Waals surface area contributed by atoms with Crippen LogP contribution in [0.15, 0.2) is 17.3 Å². The number of hydrogen-bond donors (Lipinski definition) is 1. The molecule has 2 aromatic rings. The number of halogens is 2. The summed E-state index contributed by atoms with van der Waals surface area (Å²) in [5, 5.41) is 0.477. The fourth-order valence-electron chi connectivity index (χ4n) is 1.85. The molecule has 0 aliphatic rings. The minimum absolute atomic E-state index is 0.0119. The van der Waals surface area contributed by atoms with E-state index in [1.807, 2.05) is 13.8 Å². The van der Waals surface area contributed by atoms with Crippen LogP contribution in [0.3, 0.4) is 0 Å². The average Bonchev–Trinajstić information content (AvgIpc) is 2.80. The van der Waals surface area contributed by atoms with Gasteiger partial charge in [0.15, 0.2) is 16.8 Å². The molecule has 1 heterocycles. The number of nitrogens with one attached hydrogen (secondary N) is 1. The monoisotopic (exact) mass is 299 g/mol. The molecule has 4 nitrogen and oxygen atoms in total. The van der Waals surface area contributed by atoms with Crippen LogP contribution in [-0.2, 0) is 4.79 Å². The van der Waals surface area contributed by atoms with E-state index in [1.165, 1.54) is 11.8 Å². The lowest BCUT2D eigenvalue weighted by atomic mass is 10.3. The van der Waals surface area contributed by atoms with Gasteiger partial charge in [-0.3, -0.25) is 4.79 Å². The predicted molar refractivity (Wildman–Crippen MR) is 74.7 cm³/mol. The Morgan fingerprint density at radius 2 is 1.95 bits per heavy atom. The minimum atomic E-state index is -0.931. The van der Waals surface area contributed by atoms with Gasteiger partial charge in [-0.1, -0.05) is 11.8 Å². The van der Waals surface area contributed by atoms with Gasteiger partial charge in [0.05, 0.1) is 16.8 Å². The van der Waals surface area contributed by atoms with Gasteiger partial charge < -0.3 is 9.88 Å². The third kappa shape index (κ3) is 3.09. The molecule has 1 aromatic heterocycles. The Kier molecular flexibility index (Phi) is 4.59. The molecule has 108 valence electrons. The van der Waals surface area contributed by atoms with Crippen LogP contribution in [0.2, 0.25) is 0 Å². The first-order chi connectivity index (χ1) is 9.55. The van der Waals surface area contributed by atoms with Crippen molar-refractivity contribution in [3.63, 3.8) is 0 Å². The quantitative estimate of drug-likeness (QED) is 0.864. The van der Waals surface area contributed by atoms with Crippen molar-refractivity contribution in [2.75, 3.05) is 18.8 Å². The van der Waals surface area contributed by atoms with Crippen LogP contribution in [0.4, 0.5) is 8.78 Å². The minimum Gasteiger partial charge on any atom is -0.343 e. The maximum Gasteiger partial charge on any atom is 0.233 e. The zero-order chi connectivity index (χ0) is 14.7. The highest BCUT2D eigenvalue weighted by atomic mass is 32.2. The van der Waals surface area contributed by atoms with Gasteiger partial charge in [-0.05, 0) is 13.8 Å². The molecule has 0 fully saturated rings. The zero-order valence-corrected chi connectivity index (χ0v) is 12.1. The van der Waals surface area contributed by atoms with Crippen molar-refractivity contribution >= 4 is 28.7 Å². The summed E-state index contributed by atoms with van der Waals surface area (Å²) in [5.74, 6) is -1.60. The van der Waals surface area contributed by atoms with Crippen LogP contribution in [0.25, 0.3) is 11.0 Å². The lowest BCUT2D eigenvalue weighted by Gasteiger charge is -2.17. The summed E-state index contributed by atoms with van der Waals surface area (Å²) >= 11 is 1.22. The lowest BCUT2D eigenvalue weighted by molar-refractivity contribution is -0.127. The SMILES string of the molecule is CCN(CC)C(=O)CSc1nc2cc(F)c(F)cc2[nH]1. The molecule has 0 aliphatic heterocycles. The normalized spacial score (nSPS) is 11.0. The molecule has 20 heavy (non-hydrogen) atoms. The van der Waals surface area contributed by atoms with Gasteiger partial charge in [-0.25, -0.2) is 13.8 Å². The van der Waals surface area contributed by atoms with E-state index in [1.54, 1.807) is 4.90 Å². The Labute approximate surface area is 119 Å². The molecule has 0 saturated carbocycles. The summed E-state index contributed by atoms with van der Waals surface area (Å²) in [4.78, 5) is 20.6. The molecule has 7 heteroatoms. The molecule has 0 saturated heterocycles. The molecule has 0 atom stereocenters. The first kappa shape index (κ1) is 14.8. The molecule has 0 bridgehead atoms. The van der Waals surface area contributed by atoms with E-state index in [2.05, 4.69) is 9.97 Å². The molecule has 0 radical (unpaired) electrons. The topological polar surface area (TPSA) is 49.0 Å². The number of rotatable bonds is 5. The Morgan fingerprint density at radius 1 is 1.30 bits per heavy atom. The maximum absolute atomic E-state index is 13.1. The number of benzene rings is 1. The lowest BCUT2D eigenvalue weighted by Crippen LogP contribution is -2.31. The smallest absolute Gasteiger partial charge is 0.233 e. The summed E-state index contributed by atoms with van der Waals surface area (Å²) in [6.07, 6.45) is 0. The number of amides is 1. The van der Waals surface area contributed by atoms with Gasteiger partial charge in [-0.15, -0.1) is 0 Å². The van der Waals surface area contributed by atoms with Crippen molar-refractivity contribution in [2.45, 2.75) is 19.0 Å². The average molecular weight is 299 g/mol. The Bertz CT molecular complexity index is 586. The molecule has 1 amide bonds. The second-order valence-corrected chi connectivity index (χ2v) is 5.14. The standard InChI is InChI=1S/C13H15F2N3OS/c1-3-18(4-2)12(19)7-20-13-16-10-5-8(14)9(15)6-11(10)17-13/h5-6H,3-4,7H2,1-2H3,(H,16,17). The number of thioether (sulfide) groups is 1. The Morgan fingerprint density at radius 3 is 2.60 bits per heavy atom. The number of H-pyrrole nitrogens is 1. The number of carbonyl (C=O) groups excluding carboxylic acids is 1. The van der Waals surface area contributed by atoms with Crippen LogP contribution in [0.5, 0.6) is 0 Å². The number of aromatic amines is 1. The Balaban J connectivity index is 2.09.